The summed E-state index contributed by atoms with van der Waals surface area (Å²) in [6.07, 6.45) is 0. The maximum Gasteiger partial charge on any atom is 0.336 e. The summed E-state index contributed by atoms with van der Waals surface area (Å²) in [7, 11) is 1.98. The molecule has 0 bridgehead atoms. The Bertz CT molecular complexity index is 833. The molecule has 2 aromatic rings. The maximum absolute atomic E-state index is 12.9. The number of imide groups is 1. The van der Waals surface area contributed by atoms with Crippen LogP contribution in [0.3, 0.4) is 0 Å². The lowest BCUT2D eigenvalue weighted by Crippen LogP contribution is -3.09. The van der Waals surface area contributed by atoms with E-state index < -0.39 is 6.04 Å². The molecule has 1 saturated heterocycles. The third kappa shape index (κ3) is 4.17. The lowest BCUT2D eigenvalue weighted by atomic mass is 10.2. The number of urea groups is 1. The fourth-order valence-electron chi connectivity index (χ4n) is 3.46. The minimum absolute atomic E-state index is 0.156. The van der Waals surface area contributed by atoms with Gasteiger partial charge in [0.1, 0.15) is 18.3 Å². The number of benzene rings is 2. The van der Waals surface area contributed by atoms with Gasteiger partial charge in [-0.2, -0.15) is 0 Å². The van der Waals surface area contributed by atoms with E-state index in [1.165, 1.54) is 4.90 Å². The van der Waals surface area contributed by atoms with E-state index in [1.807, 2.05) is 69.4 Å². The van der Waals surface area contributed by atoms with Crippen molar-refractivity contribution in [2.45, 2.75) is 33.4 Å². The summed E-state index contributed by atoms with van der Waals surface area (Å²) in [5.41, 5.74) is 3.00. The molecule has 1 aliphatic heterocycles. The van der Waals surface area contributed by atoms with Crippen LogP contribution in [0.25, 0.3) is 0 Å². The van der Waals surface area contributed by atoms with E-state index in [1.54, 1.807) is 11.8 Å². The van der Waals surface area contributed by atoms with Crippen LogP contribution in [0.5, 0.6) is 5.75 Å². The number of ether oxygens (including phenoxy) is 1. The van der Waals surface area contributed by atoms with Crippen LogP contribution < -0.4 is 14.5 Å². The molecular formula is C22H28N3O3+. The zero-order valence-corrected chi connectivity index (χ0v) is 16.9. The molecule has 1 N–H and O–H groups in total. The molecule has 0 spiro atoms. The maximum atomic E-state index is 12.9. The number of carbonyl (C=O) groups excluding carboxylic acids is 2. The molecule has 1 unspecified atom stereocenters. The van der Waals surface area contributed by atoms with E-state index in [2.05, 4.69) is 0 Å². The second-order valence-electron chi connectivity index (χ2n) is 7.30. The summed E-state index contributed by atoms with van der Waals surface area (Å²) in [6, 6.07) is 14.8. The summed E-state index contributed by atoms with van der Waals surface area (Å²) in [6.45, 7) is 7.41. The minimum Gasteiger partial charge on any atom is -0.494 e. The summed E-state index contributed by atoms with van der Waals surface area (Å²) >= 11 is 0. The van der Waals surface area contributed by atoms with Gasteiger partial charge in [0.15, 0.2) is 6.67 Å². The number of anilines is 1. The van der Waals surface area contributed by atoms with Gasteiger partial charge >= 0.3 is 6.03 Å². The molecule has 28 heavy (non-hydrogen) atoms. The molecule has 3 amide bonds. The Hall–Kier alpha value is -2.86. The molecule has 0 aliphatic carbocycles. The van der Waals surface area contributed by atoms with Crippen molar-refractivity contribution < 1.29 is 19.2 Å². The molecular weight excluding hydrogens is 354 g/mol. The topological polar surface area (TPSA) is 54.3 Å². The highest BCUT2D eigenvalue weighted by Gasteiger charge is 2.44. The number of rotatable bonds is 7. The van der Waals surface area contributed by atoms with Gasteiger partial charge in [0, 0.05) is 11.3 Å². The predicted molar refractivity (Wildman–Crippen MR) is 108 cm³/mol. The Kier molecular flexibility index (Phi) is 5.99. The number of nitrogens with zero attached hydrogens (tertiary/aromatic N) is 2. The van der Waals surface area contributed by atoms with Crippen molar-refractivity contribution in [1.29, 1.82) is 0 Å². The predicted octanol–water partition coefficient (Wildman–Crippen LogP) is 2.22. The molecule has 0 radical (unpaired) electrons. The average Bonchev–Trinajstić information content (AvgIpc) is 2.88. The first-order valence-electron chi connectivity index (χ1n) is 9.65. The van der Waals surface area contributed by atoms with Crippen LogP contribution in [-0.2, 0) is 11.3 Å². The van der Waals surface area contributed by atoms with Gasteiger partial charge in [-0.25, -0.2) is 9.69 Å². The van der Waals surface area contributed by atoms with Crippen molar-refractivity contribution in [3.63, 3.8) is 0 Å². The van der Waals surface area contributed by atoms with Crippen LogP contribution in [0.1, 0.15) is 25.0 Å². The second-order valence-corrected chi connectivity index (χ2v) is 7.30. The normalized spacial score (nSPS) is 17.9. The smallest absolute Gasteiger partial charge is 0.336 e. The third-order valence-electron chi connectivity index (χ3n) is 4.93. The van der Waals surface area contributed by atoms with Gasteiger partial charge in [-0.3, -0.25) is 9.69 Å². The highest BCUT2D eigenvalue weighted by atomic mass is 16.5. The number of hydrogen-bond acceptors (Lipinski definition) is 3. The van der Waals surface area contributed by atoms with Crippen LogP contribution in [0.15, 0.2) is 48.5 Å². The van der Waals surface area contributed by atoms with Crippen LogP contribution in [-0.4, -0.2) is 43.2 Å². The Morgan fingerprint density at radius 1 is 1.04 bits per heavy atom. The van der Waals surface area contributed by atoms with Gasteiger partial charge in [-0.05, 0) is 57.2 Å². The number of aryl methyl sites for hydroxylation is 1. The molecule has 6 heteroatoms. The van der Waals surface area contributed by atoms with Gasteiger partial charge in [-0.1, -0.05) is 17.7 Å². The van der Waals surface area contributed by atoms with Crippen LogP contribution in [0.4, 0.5) is 10.5 Å². The highest BCUT2D eigenvalue weighted by molar-refractivity contribution is 6.13. The molecule has 0 aromatic heterocycles. The number of amides is 3. The SMILES string of the molecule is CCOc1ccc(C[NH+](C)CN2C(=O)[C@@H](C)N(c3ccc(C)cc3)C2=O)cc1. The summed E-state index contributed by atoms with van der Waals surface area (Å²) < 4.78 is 5.46. The first kappa shape index (κ1) is 19.9. The molecule has 0 saturated carbocycles. The second kappa shape index (κ2) is 8.44. The fourth-order valence-corrected chi connectivity index (χ4v) is 3.46. The number of hydrogen-bond donors (Lipinski definition) is 1. The number of carbonyl (C=O) groups is 2. The van der Waals surface area contributed by atoms with E-state index >= 15 is 0 Å². The summed E-state index contributed by atoms with van der Waals surface area (Å²) in [4.78, 5) is 29.6. The van der Waals surface area contributed by atoms with Crippen molar-refractivity contribution in [3.05, 3.63) is 59.7 Å². The van der Waals surface area contributed by atoms with Crippen molar-refractivity contribution >= 4 is 17.6 Å². The van der Waals surface area contributed by atoms with Crippen LogP contribution in [0.2, 0.25) is 0 Å². The van der Waals surface area contributed by atoms with Crippen molar-refractivity contribution in [2.75, 3.05) is 25.2 Å². The molecule has 148 valence electrons. The third-order valence-corrected chi connectivity index (χ3v) is 4.93. The number of quaternary nitrogens is 1. The fraction of sp³-hybridized carbons (Fsp3) is 0.364. The van der Waals surface area contributed by atoms with Gasteiger partial charge in [0.25, 0.3) is 5.91 Å². The first-order valence-corrected chi connectivity index (χ1v) is 9.65. The molecule has 1 aliphatic rings. The molecule has 1 fully saturated rings. The van der Waals surface area contributed by atoms with E-state index in [0.29, 0.717) is 19.8 Å². The van der Waals surface area contributed by atoms with E-state index in [0.717, 1.165) is 27.5 Å². The molecule has 1 heterocycles. The van der Waals surface area contributed by atoms with Crippen LogP contribution >= 0.6 is 0 Å². The molecule has 2 aromatic carbocycles. The Balaban J connectivity index is 1.66. The van der Waals surface area contributed by atoms with E-state index in [-0.39, 0.29) is 11.9 Å². The van der Waals surface area contributed by atoms with Crippen LogP contribution in [0, 0.1) is 6.92 Å². The first-order chi connectivity index (χ1) is 13.4. The Morgan fingerprint density at radius 3 is 2.29 bits per heavy atom. The Morgan fingerprint density at radius 2 is 1.68 bits per heavy atom. The highest BCUT2D eigenvalue weighted by Crippen LogP contribution is 2.25. The quantitative estimate of drug-likeness (QED) is 0.747. The molecule has 6 nitrogen and oxygen atoms in total. The van der Waals surface area contributed by atoms with Crippen molar-refractivity contribution in [3.8, 4) is 5.75 Å². The largest absolute Gasteiger partial charge is 0.494 e. The molecule has 2 atom stereocenters. The summed E-state index contributed by atoms with van der Waals surface area (Å²) in [5, 5.41) is 0. The van der Waals surface area contributed by atoms with Gasteiger partial charge in [0.2, 0.25) is 0 Å². The van der Waals surface area contributed by atoms with Crippen molar-refractivity contribution in [1.82, 2.24) is 4.90 Å². The van der Waals surface area contributed by atoms with E-state index in [4.69, 9.17) is 4.74 Å². The standard InChI is InChI=1S/C22H27N3O3/c1-5-28-20-12-8-18(9-13-20)14-23(4)15-24-21(26)17(3)25(22(24)27)19-10-6-16(2)7-11-19/h6-13,17H,5,14-15H2,1-4H3/p+1/t17-/m1/s1. The zero-order chi connectivity index (χ0) is 20.3. The number of nitrogens with one attached hydrogen (secondary N) is 1. The molecule has 3 rings (SSSR count). The van der Waals surface area contributed by atoms with Gasteiger partial charge in [-0.15, -0.1) is 0 Å². The lowest BCUT2D eigenvalue weighted by molar-refractivity contribution is -0.901. The monoisotopic (exact) mass is 382 g/mol. The van der Waals surface area contributed by atoms with Crippen molar-refractivity contribution in [2.24, 2.45) is 0 Å². The lowest BCUT2D eigenvalue weighted by Gasteiger charge is -2.21. The van der Waals surface area contributed by atoms with E-state index in [9.17, 15) is 9.59 Å². The Labute approximate surface area is 166 Å². The average molecular weight is 382 g/mol. The van der Waals surface area contributed by atoms with Gasteiger partial charge in [0.05, 0.1) is 13.7 Å². The zero-order valence-electron chi connectivity index (χ0n) is 16.9. The van der Waals surface area contributed by atoms with Gasteiger partial charge < -0.3 is 9.64 Å². The summed E-state index contributed by atoms with van der Waals surface area (Å²) in [5.74, 6) is 0.688. The minimum atomic E-state index is -0.492.